The van der Waals surface area contributed by atoms with Gasteiger partial charge in [0.15, 0.2) is 11.5 Å². The summed E-state index contributed by atoms with van der Waals surface area (Å²) in [4.78, 5) is 11.8. The molecular weight excluding hydrogens is 320 g/mol. The number of carbonyl (C=O) groups is 1. The molecule has 1 amide bonds. The maximum absolute atomic E-state index is 11.8. The highest BCUT2D eigenvalue weighted by atomic mass is 35.5. The summed E-state index contributed by atoms with van der Waals surface area (Å²) in [6.45, 7) is 0.860. The van der Waals surface area contributed by atoms with Gasteiger partial charge in [0.05, 0.1) is 18.7 Å². The van der Waals surface area contributed by atoms with Crippen molar-refractivity contribution >= 4 is 29.0 Å². The zero-order chi connectivity index (χ0) is 16.7. The Bertz CT molecular complexity index is 664. The number of nitrogens with one attached hydrogen (secondary N) is 2. The molecule has 0 fully saturated rings. The third-order valence-electron chi connectivity index (χ3n) is 2.91. The van der Waals surface area contributed by atoms with Crippen molar-refractivity contribution in [2.45, 2.75) is 0 Å². The minimum absolute atomic E-state index is 0.236. The highest BCUT2D eigenvalue weighted by Gasteiger charge is 2.08. The zero-order valence-corrected chi connectivity index (χ0v) is 13.6. The molecule has 0 aliphatic rings. The Labute approximate surface area is 139 Å². The lowest BCUT2D eigenvalue weighted by molar-refractivity contribution is 0.0931. The monoisotopic (exact) mass is 336 g/mol. The lowest BCUT2D eigenvalue weighted by Gasteiger charge is -2.08. The molecule has 0 bridgehead atoms. The summed E-state index contributed by atoms with van der Waals surface area (Å²) in [5.41, 5.74) is 0.974. The number of hydrogen-bond donors (Lipinski definition) is 2. The molecule has 2 aromatic rings. The van der Waals surface area contributed by atoms with Gasteiger partial charge in [-0.15, -0.1) is 10.2 Å². The van der Waals surface area contributed by atoms with E-state index in [2.05, 4.69) is 20.8 Å². The van der Waals surface area contributed by atoms with Crippen LogP contribution in [-0.2, 0) is 4.74 Å². The van der Waals surface area contributed by atoms with Gasteiger partial charge in [-0.1, -0.05) is 11.6 Å². The van der Waals surface area contributed by atoms with Gasteiger partial charge in [0, 0.05) is 19.3 Å². The SMILES string of the molecule is COCCNC(=O)c1ccc(Nc2ccc(OC)c(Cl)c2)nn1. The third kappa shape index (κ3) is 4.80. The van der Waals surface area contributed by atoms with Gasteiger partial charge in [0.2, 0.25) is 0 Å². The number of halogens is 1. The second kappa shape index (κ2) is 8.30. The van der Waals surface area contributed by atoms with Crippen molar-refractivity contribution in [3.63, 3.8) is 0 Å². The topological polar surface area (TPSA) is 85.4 Å². The van der Waals surface area contributed by atoms with Crippen LogP contribution in [0.3, 0.4) is 0 Å². The van der Waals surface area contributed by atoms with Gasteiger partial charge in [0.25, 0.3) is 5.91 Å². The highest BCUT2D eigenvalue weighted by molar-refractivity contribution is 6.32. The number of benzene rings is 1. The number of anilines is 2. The Hall–Kier alpha value is -2.38. The summed E-state index contributed by atoms with van der Waals surface area (Å²) in [7, 11) is 3.12. The quantitative estimate of drug-likeness (QED) is 0.754. The first-order valence-electron chi connectivity index (χ1n) is 6.85. The van der Waals surface area contributed by atoms with E-state index in [1.54, 1.807) is 44.6 Å². The average molecular weight is 337 g/mol. The number of carbonyl (C=O) groups excluding carboxylic acids is 1. The van der Waals surface area contributed by atoms with Gasteiger partial charge < -0.3 is 20.1 Å². The Morgan fingerprint density at radius 3 is 2.65 bits per heavy atom. The minimum Gasteiger partial charge on any atom is -0.495 e. The molecule has 0 atom stereocenters. The van der Waals surface area contributed by atoms with Crippen molar-refractivity contribution in [3.8, 4) is 5.75 Å². The van der Waals surface area contributed by atoms with Crippen molar-refractivity contribution in [1.82, 2.24) is 15.5 Å². The van der Waals surface area contributed by atoms with Crippen LogP contribution in [0, 0.1) is 0 Å². The van der Waals surface area contributed by atoms with Gasteiger partial charge in [-0.3, -0.25) is 4.79 Å². The van der Waals surface area contributed by atoms with Crippen molar-refractivity contribution in [2.24, 2.45) is 0 Å². The number of rotatable bonds is 7. The number of methoxy groups -OCH3 is 2. The van der Waals surface area contributed by atoms with E-state index in [1.807, 2.05) is 0 Å². The van der Waals surface area contributed by atoms with Crippen molar-refractivity contribution < 1.29 is 14.3 Å². The molecule has 1 aromatic carbocycles. The zero-order valence-electron chi connectivity index (χ0n) is 12.8. The molecule has 8 heteroatoms. The number of amides is 1. The van der Waals surface area contributed by atoms with E-state index >= 15 is 0 Å². The van der Waals surface area contributed by atoms with Gasteiger partial charge in [0.1, 0.15) is 5.75 Å². The number of hydrogen-bond acceptors (Lipinski definition) is 6. The van der Waals surface area contributed by atoms with Crippen LogP contribution in [0.4, 0.5) is 11.5 Å². The molecule has 0 unspecified atom stereocenters. The largest absolute Gasteiger partial charge is 0.495 e. The number of nitrogens with zero attached hydrogens (tertiary/aromatic N) is 2. The number of aromatic nitrogens is 2. The Balaban J connectivity index is 1.99. The Morgan fingerprint density at radius 1 is 1.22 bits per heavy atom. The molecule has 2 N–H and O–H groups in total. The summed E-state index contributed by atoms with van der Waals surface area (Å²) >= 11 is 6.06. The van der Waals surface area contributed by atoms with E-state index in [0.717, 1.165) is 5.69 Å². The first-order chi connectivity index (χ1) is 11.1. The maximum atomic E-state index is 11.8. The molecule has 0 spiro atoms. The van der Waals surface area contributed by atoms with Gasteiger partial charge >= 0.3 is 0 Å². The summed E-state index contributed by atoms with van der Waals surface area (Å²) in [5.74, 6) is 0.791. The van der Waals surface area contributed by atoms with Gasteiger partial charge in [-0.2, -0.15) is 0 Å². The lowest BCUT2D eigenvalue weighted by Crippen LogP contribution is -2.27. The Morgan fingerprint density at radius 2 is 2.04 bits per heavy atom. The van der Waals surface area contributed by atoms with E-state index in [4.69, 9.17) is 21.1 Å². The van der Waals surface area contributed by atoms with E-state index < -0.39 is 0 Å². The van der Waals surface area contributed by atoms with Crippen LogP contribution in [-0.4, -0.2) is 43.5 Å². The standard InChI is InChI=1S/C15H17ClN4O3/c1-22-8-7-17-15(21)12-4-6-14(20-19-12)18-10-3-5-13(23-2)11(16)9-10/h3-6,9H,7-8H2,1-2H3,(H,17,21)(H,18,20). The molecule has 0 aliphatic carbocycles. The molecule has 0 saturated heterocycles. The van der Waals surface area contributed by atoms with E-state index in [-0.39, 0.29) is 11.6 Å². The molecule has 1 heterocycles. The smallest absolute Gasteiger partial charge is 0.271 e. The molecule has 23 heavy (non-hydrogen) atoms. The fourth-order valence-electron chi connectivity index (χ4n) is 1.77. The van der Waals surface area contributed by atoms with E-state index in [0.29, 0.717) is 29.7 Å². The predicted molar refractivity (Wildman–Crippen MR) is 87.5 cm³/mol. The van der Waals surface area contributed by atoms with Crippen molar-refractivity contribution in [3.05, 3.63) is 41.0 Å². The lowest BCUT2D eigenvalue weighted by atomic mass is 10.3. The number of ether oxygens (including phenoxy) is 2. The molecular formula is C15H17ClN4O3. The van der Waals surface area contributed by atoms with Crippen LogP contribution in [0.25, 0.3) is 0 Å². The van der Waals surface area contributed by atoms with Crippen LogP contribution < -0.4 is 15.4 Å². The van der Waals surface area contributed by atoms with Gasteiger partial charge in [-0.05, 0) is 30.3 Å². The molecule has 1 aromatic heterocycles. The molecule has 2 rings (SSSR count). The highest BCUT2D eigenvalue weighted by Crippen LogP contribution is 2.28. The first kappa shape index (κ1) is 17.0. The molecule has 0 saturated carbocycles. The summed E-state index contributed by atoms with van der Waals surface area (Å²) in [6, 6.07) is 8.51. The predicted octanol–water partition coefficient (Wildman–Crippen LogP) is 2.26. The molecule has 0 aliphatic heterocycles. The first-order valence-corrected chi connectivity index (χ1v) is 7.23. The van der Waals surface area contributed by atoms with Crippen molar-refractivity contribution in [1.29, 1.82) is 0 Å². The fraction of sp³-hybridized carbons (Fsp3) is 0.267. The second-order valence-corrected chi connectivity index (χ2v) is 4.93. The van der Waals surface area contributed by atoms with Crippen LogP contribution in [0.15, 0.2) is 30.3 Å². The summed E-state index contributed by atoms with van der Waals surface area (Å²) in [6.07, 6.45) is 0. The van der Waals surface area contributed by atoms with Crippen molar-refractivity contribution in [2.75, 3.05) is 32.7 Å². The molecule has 0 radical (unpaired) electrons. The third-order valence-corrected chi connectivity index (χ3v) is 3.21. The maximum Gasteiger partial charge on any atom is 0.271 e. The molecule has 7 nitrogen and oxygen atoms in total. The van der Waals surface area contributed by atoms with Gasteiger partial charge in [-0.25, -0.2) is 0 Å². The summed E-state index contributed by atoms with van der Waals surface area (Å²) < 4.78 is 9.95. The summed E-state index contributed by atoms with van der Waals surface area (Å²) in [5, 5.41) is 14.1. The minimum atomic E-state index is -0.298. The Kier molecular flexibility index (Phi) is 6.13. The second-order valence-electron chi connectivity index (χ2n) is 4.53. The van der Waals surface area contributed by atoms with E-state index in [1.165, 1.54) is 0 Å². The van der Waals surface area contributed by atoms with Crippen LogP contribution in [0.2, 0.25) is 5.02 Å². The van der Waals surface area contributed by atoms with Crippen LogP contribution in [0.5, 0.6) is 5.75 Å². The van der Waals surface area contributed by atoms with Crippen LogP contribution in [0.1, 0.15) is 10.5 Å². The van der Waals surface area contributed by atoms with Crippen LogP contribution >= 0.6 is 11.6 Å². The average Bonchev–Trinajstić information content (AvgIpc) is 2.56. The van der Waals surface area contributed by atoms with E-state index in [9.17, 15) is 4.79 Å². The fourth-order valence-corrected chi connectivity index (χ4v) is 2.03. The molecule has 122 valence electrons. The normalized spacial score (nSPS) is 10.2.